The number of aromatic amines is 1. The number of carbonyl (C=O) groups is 1. The fourth-order valence-electron chi connectivity index (χ4n) is 1.60. The summed E-state index contributed by atoms with van der Waals surface area (Å²) in [5, 5.41) is 19.7. The SMILES string of the molecule is O=C(NCc1nc(CO)n[nH]1)Nc1ccccc1SC(F)(F)F. The quantitative estimate of drug-likeness (QED) is 0.621. The van der Waals surface area contributed by atoms with Crippen molar-refractivity contribution in [3.05, 3.63) is 35.9 Å². The van der Waals surface area contributed by atoms with Crippen molar-refractivity contribution in [3.63, 3.8) is 0 Å². The average Bonchev–Trinajstić information content (AvgIpc) is 2.94. The van der Waals surface area contributed by atoms with Gasteiger partial charge in [-0.2, -0.15) is 18.3 Å². The Kier molecular flexibility index (Phi) is 5.45. The Morgan fingerprint density at radius 3 is 2.74 bits per heavy atom. The first-order valence-electron chi connectivity index (χ1n) is 6.28. The first-order valence-corrected chi connectivity index (χ1v) is 7.09. The molecule has 7 nitrogen and oxygen atoms in total. The summed E-state index contributed by atoms with van der Waals surface area (Å²) < 4.78 is 37.4. The predicted molar refractivity (Wildman–Crippen MR) is 76.5 cm³/mol. The summed E-state index contributed by atoms with van der Waals surface area (Å²) in [6.07, 6.45) is 0. The number of carbonyl (C=O) groups excluding carboxylic acids is 1. The zero-order chi connectivity index (χ0) is 16.9. The molecule has 4 N–H and O–H groups in total. The number of nitrogens with zero attached hydrogens (tertiary/aromatic N) is 2. The summed E-state index contributed by atoms with van der Waals surface area (Å²) in [7, 11) is 0. The number of H-pyrrole nitrogens is 1. The molecule has 0 fully saturated rings. The Labute approximate surface area is 132 Å². The molecule has 2 rings (SSSR count). The summed E-state index contributed by atoms with van der Waals surface area (Å²) >= 11 is -0.309. The lowest BCUT2D eigenvalue weighted by Gasteiger charge is -2.12. The number of halogens is 3. The highest BCUT2D eigenvalue weighted by atomic mass is 32.2. The van der Waals surface area contributed by atoms with Gasteiger partial charge in [0.15, 0.2) is 5.82 Å². The number of aliphatic hydroxyl groups is 1. The second kappa shape index (κ2) is 7.33. The number of para-hydroxylation sites is 1. The van der Waals surface area contributed by atoms with Crippen molar-refractivity contribution in [2.45, 2.75) is 23.6 Å². The molecule has 1 aromatic carbocycles. The molecule has 2 aromatic rings. The van der Waals surface area contributed by atoms with Gasteiger partial charge in [0.05, 0.1) is 12.2 Å². The number of urea groups is 1. The molecule has 0 unspecified atom stereocenters. The van der Waals surface area contributed by atoms with Crippen LogP contribution in [0.15, 0.2) is 29.2 Å². The van der Waals surface area contributed by atoms with E-state index in [9.17, 15) is 18.0 Å². The molecule has 23 heavy (non-hydrogen) atoms. The van der Waals surface area contributed by atoms with Gasteiger partial charge >= 0.3 is 11.5 Å². The second-order valence-corrected chi connectivity index (χ2v) is 5.31. The van der Waals surface area contributed by atoms with E-state index >= 15 is 0 Å². The highest BCUT2D eigenvalue weighted by Crippen LogP contribution is 2.40. The van der Waals surface area contributed by atoms with Crippen LogP contribution in [0.25, 0.3) is 0 Å². The van der Waals surface area contributed by atoms with E-state index < -0.39 is 11.5 Å². The van der Waals surface area contributed by atoms with Crippen molar-refractivity contribution < 1.29 is 23.1 Å². The monoisotopic (exact) mass is 347 g/mol. The number of nitrogens with one attached hydrogen (secondary N) is 3. The number of aliphatic hydroxyl groups excluding tert-OH is 1. The number of alkyl halides is 3. The van der Waals surface area contributed by atoms with Crippen LogP contribution in [0.3, 0.4) is 0 Å². The van der Waals surface area contributed by atoms with Crippen LogP contribution < -0.4 is 10.6 Å². The van der Waals surface area contributed by atoms with Gasteiger partial charge in [0.2, 0.25) is 0 Å². The number of hydrogen-bond acceptors (Lipinski definition) is 5. The fourth-order valence-corrected chi connectivity index (χ4v) is 2.22. The van der Waals surface area contributed by atoms with Crippen LogP contribution in [0.5, 0.6) is 0 Å². The van der Waals surface area contributed by atoms with E-state index in [-0.39, 0.29) is 41.3 Å². The molecule has 0 radical (unpaired) electrons. The third-order valence-corrected chi connectivity index (χ3v) is 3.30. The molecule has 124 valence electrons. The summed E-state index contributed by atoms with van der Waals surface area (Å²) in [5.74, 6) is 0.483. The van der Waals surface area contributed by atoms with Crippen LogP contribution in [-0.2, 0) is 13.2 Å². The highest BCUT2D eigenvalue weighted by molar-refractivity contribution is 8.00. The van der Waals surface area contributed by atoms with Gasteiger partial charge in [-0.1, -0.05) is 12.1 Å². The molecule has 0 bridgehead atoms. The molecule has 0 aliphatic heterocycles. The molecule has 1 aromatic heterocycles. The van der Waals surface area contributed by atoms with E-state index in [4.69, 9.17) is 5.11 Å². The largest absolute Gasteiger partial charge is 0.446 e. The van der Waals surface area contributed by atoms with Crippen LogP contribution in [-0.4, -0.2) is 31.8 Å². The maximum Gasteiger partial charge on any atom is 0.446 e. The lowest BCUT2D eigenvalue weighted by molar-refractivity contribution is -0.0328. The maximum atomic E-state index is 12.5. The van der Waals surface area contributed by atoms with Gasteiger partial charge in [-0.3, -0.25) is 5.10 Å². The number of anilines is 1. The number of thioether (sulfide) groups is 1. The summed E-state index contributed by atoms with van der Waals surface area (Å²) in [6.45, 7) is -0.363. The zero-order valence-electron chi connectivity index (χ0n) is 11.5. The minimum absolute atomic E-state index is 0.0204. The van der Waals surface area contributed by atoms with Crippen molar-refractivity contribution in [1.82, 2.24) is 20.5 Å². The molecule has 0 aliphatic rings. The minimum atomic E-state index is -4.45. The van der Waals surface area contributed by atoms with Gasteiger partial charge in [-0.25, -0.2) is 9.78 Å². The van der Waals surface area contributed by atoms with Gasteiger partial charge in [0, 0.05) is 4.90 Å². The highest BCUT2D eigenvalue weighted by Gasteiger charge is 2.30. The molecule has 0 saturated heterocycles. The van der Waals surface area contributed by atoms with Gasteiger partial charge in [0.25, 0.3) is 0 Å². The predicted octanol–water partition coefficient (Wildman–Crippen LogP) is 2.23. The van der Waals surface area contributed by atoms with Gasteiger partial charge in [0.1, 0.15) is 12.4 Å². The van der Waals surface area contributed by atoms with Crippen LogP contribution in [0.2, 0.25) is 0 Å². The Morgan fingerprint density at radius 2 is 2.09 bits per heavy atom. The molecule has 2 amide bonds. The van der Waals surface area contributed by atoms with Crippen LogP contribution in [0.4, 0.5) is 23.7 Å². The molecule has 0 spiro atoms. The van der Waals surface area contributed by atoms with Crippen LogP contribution in [0.1, 0.15) is 11.6 Å². The molecule has 1 heterocycles. The first-order chi connectivity index (χ1) is 10.9. The molecule has 0 aliphatic carbocycles. The van der Waals surface area contributed by atoms with Crippen LogP contribution in [0, 0.1) is 0 Å². The van der Waals surface area contributed by atoms with E-state index in [0.29, 0.717) is 5.82 Å². The Balaban J connectivity index is 1.94. The van der Waals surface area contributed by atoms with Crippen LogP contribution >= 0.6 is 11.8 Å². The van der Waals surface area contributed by atoms with E-state index in [0.717, 1.165) is 0 Å². The molecule has 0 atom stereocenters. The van der Waals surface area contributed by atoms with Crippen molar-refractivity contribution in [2.75, 3.05) is 5.32 Å². The molecular formula is C12H12F3N5O2S. The Morgan fingerprint density at radius 1 is 1.35 bits per heavy atom. The van der Waals surface area contributed by atoms with Crippen molar-refractivity contribution in [2.24, 2.45) is 0 Å². The minimum Gasteiger partial charge on any atom is -0.388 e. The Bertz CT molecular complexity index is 677. The number of benzene rings is 1. The standard InChI is InChI=1S/C12H12F3N5O2S/c13-12(14,15)23-8-4-2-1-3-7(8)17-11(22)16-5-9-18-10(6-21)20-19-9/h1-4,21H,5-6H2,(H2,16,17,22)(H,18,19,20). The van der Waals surface area contributed by atoms with E-state index in [2.05, 4.69) is 25.8 Å². The van der Waals surface area contributed by atoms with E-state index in [1.54, 1.807) is 0 Å². The smallest absolute Gasteiger partial charge is 0.388 e. The van der Waals surface area contributed by atoms with Crippen molar-refractivity contribution >= 4 is 23.5 Å². The second-order valence-electron chi connectivity index (χ2n) is 4.21. The van der Waals surface area contributed by atoms with Gasteiger partial charge < -0.3 is 15.7 Å². The molecular weight excluding hydrogens is 335 g/mol. The van der Waals surface area contributed by atoms with Gasteiger partial charge in [-0.15, -0.1) is 0 Å². The molecule has 11 heteroatoms. The fraction of sp³-hybridized carbons (Fsp3) is 0.250. The number of amides is 2. The zero-order valence-corrected chi connectivity index (χ0v) is 12.3. The lowest BCUT2D eigenvalue weighted by Crippen LogP contribution is -2.28. The van der Waals surface area contributed by atoms with E-state index in [1.165, 1.54) is 24.3 Å². The molecule has 0 saturated carbocycles. The number of rotatable bonds is 5. The van der Waals surface area contributed by atoms with Crippen molar-refractivity contribution in [3.8, 4) is 0 Å². The lowest BCUT2D eigenvalue weighted by atomic mass is 10.3. The first kappa shape index (κ1) is 17.1. The normalized spacial score (nSPS) is 11.3. The maximum absolute atomic E-state index is 12.5. The summed E-state index contributed by atoms with van der Waals surface area (Å²) in [4.78, 5) is 15.5. The topological polar surface area (TPSA) is 103 Å². The number of hydrogen-bond donors (Lipinski definition) is 4. The van der Waals surface area contributed by atoms with E-state index in [1.807, 2.05) is 0 Å². The third-order valence-electron chi connectivity index (χ3n) is 2.50. The van der Waals surface area contributed by atoms with Gasteiger partial charge in [-0.05, 0) is 23.9 Å². The Hall–Kier alpha value is -2.27. The average molecular weight is 347 g/mol. The summed E-state index contributed by atoms with van der Waals surface area (Å²) in [6, 6.07) is 4.90. The number of aromatic nitrogens is 3. The van der Waals surface area contributed by atoms with Crippen molar-refractivity contribution in [1.29, 1.82) is 0 Å². The third kappa shape index (κ3) is 5.45. The summed E-state index contributed by atoms with van der Waals surface area (Å²) in [5.41, 5.74) is -4.41.